The van der Waals surface area contributed by atoms with Crippen molar-refractivity contribution in [2.45, 2.75) is 45.6 Å². The number of nitro groups is 1. The summed E-state index contributed by atoms with van der Waals surface area (Å²) in [7, 11) is -2.87. The normalized spacial score (nSPS) is 12.2. The molecule has 0 spiro atoms. The zero-order chi connectivity index (χ0) is 22.9. The molecule has 0 bridgehead atoms. The van der Waals surface area contributed by atoms with Crippen molar-refractivity contribution in [3.63, 3.8) is 0 Å². The summed E-state index contributed by atoms with van der Waals surface area (Å²) in [6, 6.07) is 9.53. The minimum absolute atomic E-state index is 0.00957. The maximum Gasteiger partial charge on any atom is 0.692 e. The van der Waals surface area contributed by atoms with Gasteiger partial charge in [-0.1, -0.05) is 43.5 Å². The first-order chi connectivity index (χ1) is 14.0. The molecule has 0 amide bonds. The van der Waals surface area contributed by atoms with Crippen molar-refractivity contribution in [2.75, 3.05) is 5.32 Å². The highest BCUT2D eigenvalue weighted by atomic mass is 35.5. The molecule has 0 radical (unpaired) electrons. The van der Waals surface area contributed by atoms with Crippen molar-refractivity contribution in [2.24, 2.45) is 0 Å². The average molecular weight is 478 g/mol. The van der Waals surface area contributed by atoms with Crippen LogP contribution in [0.25, 0.3) is 0 Å². The fourth-order valence-electron chi connectivity index (χ4n) is 2.73. The van der Waals surface area contributed by atoms with Crippen LogP contribution in [0.1, 0.15) is 40.0 Å². The van der Waals surface area contributed by atoms with Gasteiger partial charge >= 0.3 is 8.25 Å². The molecule has 164 valence electrons. The lowest BCUT2D eigenvalue weighted by molar-refractivity contribution is -0.384. The molecule has 0 saturated carbocycles. The molecule has 8 nitrogen and oxygen atoms in total. The first kappa shape index (κ1) is 26.1. The Labute approximate surface area is 185 Å². The Morgan fingerprint density at radius 3 is 2.33 bits per heavy atom. The van der Waals surface area contributed by atoms with Crippen LogP contribution in [0.15, 0.2) is 36.4 Å². The number of hydrogen-bond acceptors (Lipinski definition) is 5. The summed E-state index contributed by atoms with van der Waals surface area (Å²) in [6.45, 7) is 6.21. The van der Waals surface area contributed by atoms with E-state index in [1.165, 1.54) is 6.07 Å². The van der Waals surface area contributed by atoms with Gasteiger partial charge in [-0.05, 0) is 44.0 Å². The van der Waals surface area contributed by atoms with Gasteiger partial charge in [-0.2, -0.15) is 0 Å². The zero-order valence-electron chi connectivity index (χ0n) is 16.8. The summed E-state index contributed by atoms with van der Waals surface area (Å²) in [4.78, 5) is 25.2. The monoisotopic (exact) mass is 477 g/mol. The van der Waals surface area contributed by atoms with Crippen LogP contribution >= 0.6 is 31.5 Å². The number of ether oxygens (including phenoxy) is 1. The van der Waals surface area contributed by atoms with Crippen LogP contribution in [0.5, 0.6) is 11.5 Å². The van der Waals surface area contributed by atoms with Gasteiger partial charge in [-0.15, -0.1) is 9.79 Å². The summed E-state index contributed by atoms with van der Waals surface area (Å²) in [5, 5.41) is 15.6. The molecule has 1 unspecified atom stereocenters. The van der Waals surface area contributed by atoms with E-state index >= 15 is 0 Å². The molecule has 30 heavy (non-hydrogen) atoms. The lowest BCUT2D eigenvalue weighted by atomic mass is 9.92. The standard InChI is InChI=1S/C19H22Cl2N2O3.HO3P/c1-4-10-19(3,5-2)22-16-12-14(7-8-17(16)23(24)25)26-18-9-6-13(20)11-15(18)21;1-4(2)3/h6-9,11-12,22H,4-5,10H2,1-3H3;(H-,1,2,3)/p+1. The minimum Gasteiger partial charge on any atom is -0.456 e. The van der Waals surface area contributed by atoms with E-state index in [4.69, 9.17) is 42.3 Å². The number of nitro benzene ring substituents is 1. The Hall–Kier alpha value is -1.96. The Morgan fingerprint density at radius 2 is 1.83 bits per heavy atom. The van der Waals surface area contributed by atoms with Crippen LogP contribution in [0.4, 0.5) is 11.4 Å². The van der Waals surface area contributed by atoms with Crippen molar-refractivity contribution in [1.29, 1.82) is 0 Å². The maximum atomic E-state index is 11.4. The topological polar surface area (TPSA) is 122 Å². The van der Waals surface area contributed by atoms with Gasteiger partial charge in [0.05, 0.1) is 9.95 Å². The van der Waals surface area contributed by atoms with Crippen molar-refractivity contribution in [3.8, 4) is 11.5 Å². The number of halogens is 2. The fraction of sp³-hybridized carbons (Fsp3) is 0.368. The fourth-order valence-corrected chi connectivity index (χ4v) is 3.17. The third kappa shape index (κ3) is 8.42. The van der Waals surface area contributed by atoms with Crippen LogP contribution in [0, 0.1) is 10.1 Å². The molecule has 2 rings (SSSR count). The van der Waals surface area contributed by atoms with Crippen molar-refractivity contribution in [3.05, 3.63) is 56.6 Å². The van der Waals surface area contributed by atoms with Crippen LogP contribution < -0.4 is 10.1 Å². The molecule has 0 aliphatic rings. The first-order valence-corrected chi connectivity index (χ1v) is 11.0. The van der Waals surface area contributed by atoms with Gasteiger partial charge in [-0.25, -0.2) is 0 Å². The Balaban J connectivity index is 0.00000103. The van der Waals surface area contributed by atoms with E-state index in [9.17, 15) is 10.1 Å². The SMILES string of the molecule is CCCC(C)(CC)Nc1cc(Oc2ccc(Cl)cc2Cl)ccc1[N+](=O)[O-].O=[P+](O)O. The maximum absolute atomic E-state index is 11.4. The van der Waals surface area contributed by atoms with Crippen LogP contribution in [0.3, 0.4) is 0 Å². The molecule has 0 fully saturated rings. The third-order valence-corrected chi connectivity index (χ3v) is 4.84. The molecule has 2 aromatic carbocycles. The van der Waals surface area contributed by atoms with Gasteiger partial charge < -0.3 is 10.1 Å². The van der Waals surface area contributed by atoms with E-state index in [1.807, 2.05) is 0 Å². The second-order valence-corrected chi connectivity index (χ2v) is 8.00. The lowest BCUT2D eigenvalue weighted by Crippen LogP contribution is -2.33. The quantitative estimate of drug-likeness (QED) is 0.219. The molecule has 3 N–H and O–H groups in total. The summed E-state index contributed by atoms with van der Waals surface area (Å²) in [5.74, 6) is 0.889. The number of rotatable bonds is 8. The molecule has 1 atom stereocenters. The molecule has 2 aromatic rings. The Morgan fingerprint density at radius 1 is 1.20 bits per heavy atom. The Bertz CT molecular complexity index is 895. The zero-order valence-corrected chi connectivity index (χ0v) is 19.2. The van der Waals surface area contributed by atoms with Crippen LogP contribution in [-0.4, -0.2) is 20.2 Å². The number of anilines is 1. The molecule has 0 heterocycles. The van der Waals surface area contributed by atoms with Gasteiger partial charge in [0.25, 0.3) is 5.69 Å². The van der Waals surface area contributed by atoms with E-state index in [-0.39, 0.29) is 11.2 Å². The summed E-state index contributed by atoms with van der Waals surface area (Å²) >= 11 is 12.0. The van der Waals surface area contributed by atoms with Gasteiger partial charge in [0.15, 0.2) is 0 Å². The number of hydrogen-bond donors (Lipinski definition) is 3. The predicted molar refractivity (Wildman–Crippen MR) is 119 cm³/mol. The van der Waals surface area contributed by atoms with Gasteiger partial charge in [0.2, 0.25) is 0 Å². The van der Waals surface area contributed by atoms with Crippen molar-refractivity contribution < 1.29 is 24.0 Å². The highest BCUT2D eigenvalue weighted by Gasteiger charge is 2.25. The van der Waals surface area contributed by atoms with E-state index in [1.54, 1.807) is 30.3 Å². The molecule has 11 heteroatoms. The summed E-state index contributed by atoms with van der Waals surface area (Å²) < 4.78 is 14.5. The number of nitrogens with zero attached hydrogens (tertiary/aromatic N) is 1. The molecular formula is C19H24Cl2N2O6P+. The molecule has 0 aliphatic carbocycles. The number of benzene rings is 2. The lowest BCUT2D eigenvalue weighted by Gasteiger charge is -2.30. The highest BCUT2D eigenvalue weighted by Crippen LogP contribution is 2.37. The van der Waals surface area contributed by atoms with Crippen LogP contribution in [-0.2, 0) is 4.57 Å². The second-order valence-electron chi connectivity index (χ2n) is 6.65. The van der Waals surface area contributed by atoms with E-state index in [0.717, 1.165) is 19.3 Å². The van der Waals surface area contributed by atoms with E-state index < -0.39 is 13.2 Å². The van der Waals surface area contributed by atoms with Gasteiger partial charge in [0, 0.05) is 27.3 Å². The van der Waals surface area contributed by atoms with Crippen LogP contribution in [0.2, 0.25) is 10.0 Å². The van der Waals surface area contributed by atoms with Crippen molar-refractivity contribution in [1.82, 2.24) is 0 Å². The third-order valence-electron chi connectivity index (χ3n) is 4.31. The molecular weight excluding hydrogens is 454 g/mol. The Kier molecular flexibility index (Phi) is 10.5. The molecule has 0 saturated heterocycles. The smallest absolute Gasteiger partial charge is 0.456 e. The largest absolute Gasteiger partial charge is 0.692 e. The van der Waals surface area contributed by atoms with Gasteiger partial charge in [0.1, 0.15) is 17.2 Å². The first-order valence-electron chi connectivity index (χ1n) is 9.05. The van der Waals surface area contributed by atoms with Gasteiger partial charge in [-0.3, -0.25) is 10.1 Å². The highest BCUT2D eigenvalue weighted by molar-refractivity contribution is 7.30. The van der Waals surface area contributed by atoms with E-state index in [2.05, 4.69) is 26.1 Å². The van der Waals surface area contributed by atoms with Crippen molar-refractivity contribution >= 4 is 42.8 Å². The minimum atomic E-state index is -2.87. The second kappa shape index (κ2) is 12.0. The summed E-state index contributed by atoms with van der Waals surface area (Å²) in [5.41, 5.74) is 0.196. The molecule has 0 aliphatic heterocycles. The molecule has 0 aromatic heterocycles. The van der Waals surface area contributed by atoms with E-state index in [0.29, 0.717) is 27.2 Å². The number of nitrogens with one attached hydrogen (secondary N) is 1. The average Bonchev–Trinajstić information content (AvgIpc) is 2.64. The summed E-state index contributed by atoms with van der Waals surface area (Å²) in [6.07, 6.45) is 2.71. The predicted octanol–water partition coefficient (Wildman–Crippen LogP) is 6.70.